The first-order chi connectivity index (χ1) is 13.2. The van der Waals surface area contributed by atoms with Crippen LogP contribution in [0.25, 0.3) is 0 Å². The van der Waals surface area contributed by atoms with Gasteiger partial charge in [0.25, 0.3) is 0 Å². The molecule has 1 heterocycles. The zero-order valence-corrected chi connectivity index (χ0v) is 16.5. The van der Waals surface area contributed by atoms with Crippen molar-refractivity contribution in [3.05, 3.63) is 54.1 Å². The molecule has 0 aliphatic carbocycles. The second-order valence-electron chi connectivity index (χ2n) is 6.83. The Labute approximate surface area is 166 Å². The molecule has 0 saturated carbocycles. The van der Waals surface area contributed by atoms with Gasteiger partial charge in [-0.2, -0.15) is 13.2 Å². The number of benzene rings is 2. The molecule has 8 heteroatoms. The van der Waals surface area contributed by atoms with E-state index in [2.05, 4.69) is 42.3 Å². The molecule has 3 rings (SSSR count). The van der Waals surface area contributed by atoms with Crippen molar-refractivity contribution < 1.29 is 18.0 Å². The molecule has 0 spiro atoms. The monoisotopic (exact) mass is 409 g/mol. The van der Waals surface area contributed by atoms with Crippen LogP contribution in [0.3, 0.4) is 0 Å². The lowest BCUT2D eigenvalue weighted by atomic mass is 10.1. The van der Waals surface area contributed by atoms with Crippen molar-refractivity contribution in [2.45, 2.75) is 30.3 Å². The van der Waals surface area contributed by atoms with Gasteiger partial charge in [0.2, 0.25) is 0 Å². The van der Waals surface area contributed by atoms with Crippen LogP contribution in [0.5, 0.6) is 0 Å². The van der Waals surface area contributed by atoms with Gasteiger partial charge in [-0.05, 0) is 67.6 Å². The molecule has 2 aromatic rings. The van der Waals surface area contributed by atoms with E-state index in [1.807, 2.05) is 6.07 Å². The Morgan fingerprint density at radius 2 is 1.86 bits per heavy atom. The summed E-state index contributed by atoms with van der Waals surface area (Å²) in [5.74, 6) is 0. The first-order valence-electron chi connectivity index (χ1n) is 8.96. The third kappa shape index (κ3) is 5.34. The minimum atomic E-state index is -4.32. The lowest BCUT2D eigenvalue weighted by molar-refractivity contribution is -0.0328. The van der Waals surface area contributed by atoms with E-state index in [-0.39, 0.29) is 28.7 Å². The Morgan fingerprint density at radius 1 is 1.14 bits per heavy atom. The molecule has 1 fully saturated rings. The van der Waals surface area contributed by atoms with Crippen LogP contribution in [-0.2, 0) is 0 Å². The fourth-order valence-corrected chi connectivity index (χ4v) is 3.81. The SMILES string of the molecule is Cc1cccc(N2CCN(C(=O)Nc3ccc(SC(F)(F)F)cc3)CC2C)c1. The normalized spacial score (nSPS) is 17.5. The molecular formula is C20H22F3N3OS. The number of alkyl halides is 3. The number of nitrogens with zero attached hydrogens (tertiary/aromatic N) is 2. The smallest absolute Gasteiger partial charge is 0.365 e. The van der Waals surface area contributed by atoms with Gasteiger partial charge in [0.05, 0.1) is 0 Å². The molecule has 1 atom stereocenters. The molecule has 0 aromatic heterocycles. The maximum absolute atomic E-state index is 12.5. The molecule has 0 bridgehead atoms. The number of thioether (sulfide) groups is 1. The van der Waals surface area contributed by atoms with Crippen LogP contribution in [0, 0.1) is 6.92 Å². The van der Waals surface area contributed by atoms with Crippen LogP contribution in [0.1, 0.15) is 12.5 Å². The largest absolute Gasteiger partial charge is 0.446 e. The number of anilines is 2. The van der Waals surface area contributed by atoms with E-state index in [1.54, 1.807) is 4.90 Å². The number of hydrogen-bond acceptors (Lipinski definition) is 3. The Hall–Kier alpha value is -2.35. The summed E-state index contributed by atoms with van der Waals surface area (Å²) >= 11 is -0.173. The number of piperazine rings is 1. The van der Waals surface area contributed by atoms with Crippen LogP contribution >= 0.6 is 11.8 Å². The Balaban J connectivity index is 1.57. The minimum Gasteiger partial charge on any atom is -0.365 e. The molecule has 4 nitrogen and oxygen atoms in total. The molecule has 2 aromatic carbocycles. The number of carbonyl (C=O) groups excluding carboxylic acids is 1. The lowest BCUT2D eigenvalue weighted by Crippen LogP contribution is -2.54. The summed E-state index contributed by atoms with van der Waals surface area (Å²) in [7, 11) is 0. The standard InChI is InChI=1S/C20H22F3N3OS/c1-14-4-3-5-17(12-14)26-11-10-25(13-15(26)2)19(27)24-16-6-8-18(9-7-16)28-20(21,22)23/h3-9,12,15H,10-11,13H2,1-2H3,(H,24,27). The zero-order valence-electron chi connectivity index (χ0n) is 15.7. The number of carbonyl (C=O) groups is 1. The summed E-state index contributed by atoms with van der Waals surface area (Å²) in [6.07, 6.45) is 0. The number of halogens is 3. The maximum atomic E-state index is 12.5. The van der Waals surface area contributed by atoms with E-state index in [1.165, 1.54) is 29.8 Å². The van der Waals surface area contributed by atoms with Crippen LogP contribution in [-0.4, -0.2) is 42.1 Å². The van der Waals surface area contributed by atoms with Crippen molar-refractivity contribution in [2.24, 2.45) is 0 Å². The van der Waals surface area contributed by atoms with Gasteiger partial charge < -0.3 is 15.1 Å². The van der Waals surface area contributed by atoms with Gasteiger partial charge in [-0.15, -0.1) is 0 Å². The summed E-state index contributed by atoms with van der Waals surface area (Å²) in [4.78, 5) is 16.6. The summed E-state index contributed by atoms with van der Waals surface area (Å²) < 4.78 is 37.2. The Kier molecular flexibility index (Phi) is 6.07. The van der Waals surface area contributed by atoms with Gasteiger partial charge in [-0.3, -0.25) is 0 Å². The Morgan fingerprint density at radius 3 is 2.46 bits per heavy atom. The van der Waals surface area contributed by atoms with Crippen LogP contribution in [0.15, 0.2) is 53.4 Å². The van der Waals surface area contributed by atoms with Crippen molar-refractivity contribution in [1.29, 1.82) is 0 Å². The average Bonchev–Trinajstić information content (AvgIpc) is 2.62. The fourth-order valence-electron chi connectivity index (χ4n) is 3.27. The topological polar surface area (TPSA) is 35.6 Å². The maximum Gasteiger partial charge on any atom is 0.446 e. The highest BCUT2D eigenvalue weighted by Crippen LogP contribution is 2.37. The van der Waals surface area contributed by atoms with E-state index in [4.69, 9.17) is 0 Å². The zero-order chi connectivity index (χ0) is 20.3. The van der Waals surface area contributed by atoms with Crippen molar-refractivity contribution >= 4 is 29.2 Å². The summed E-state index contributed by atoms with van der Waals surface area (Å²) in [5.41, 5.74) is -1.51. The number of nitrogens with one attached hydrogen (secondary N) is 1. The third-order valence-corrected chi connectivity index (χ3v) is 5.33. The highest BCUT2D eigenvalue weighted by molar-refractivity contribution is 8.00. The van der Waals surface area contributed by atoms with E-state index in [9.17, 15) is 18.0 Å². The minimum absolute atomic E-state index is 0.0888. The van der Waals surface area contributed by atoms with Gasteiger partial charge in [-0.25, -0.2) is 4.79 Å². The quantitative estimate of drug-likeness (QED) is 0.694. The molecule has 1 unspecified atom stereocenters. The van der Waals surface area contributed by atoms with E-state index >= 15 is 0 Å². The Bertz CT molecular complexity index is 826. The van der Waals surface area contributed by atoms with Crippen molar-refractivity contribution in [3.63, 3.8) is 0 Å². The van der Waals surface area contributed by atoms with Crippen LogP contribution in [0.2, 0.25) is 0 Å². The predicted octanol–water partition coefficient (Wildman–Crippen LogP) is 5.35. The fraction of sp³-hybridized carbons (Fsp3) is 0.350. The molecule has 1 aliphatic rings. The predicted molar refractivity (Wildman–Crippen MR) is 107 cm³/mol. The highest BCUT2D eigenvalue weighted by atomic mass is 32.2. The van der Waals surface area contributed by atoms with Crippen LogP contribution < -0.4 is 10.2 Å². The first kappa shape index (κ1) is 20.4. The second-order valence-corrected chi connectivity index (χ2v) is 7.97. The molecule has 2 amide bonds. The average molecular weight is 409 g/mol. The lowest BCUT2D eigenvalue weighted by Gasteiger charge is -2.41. The highest BCUT2D eigenvalue weighted by Gasteiger charge is 2.29. The van der Waals surface area contributed by atoms with E-state index in [0.717, 1.165) is 12.2 Å². The molecule has 1 aliphatic heterocycles. The van der Waals surface area contributed by atoms with E-state index in [0.29, 0.717) is 18.8 Å². The van der Waals surface area contributed by atoms with Crippen molar-refractivity contribution in [2.75, 3.05) is 29.9 Å². The summed E-state index contributed by atoms with van der Waals surface area (Å²) in [6.45, 7) is 5.99. The van der Waals surface area contributed by atoms with Gasteiger partial charge in [-0.1, -0.05) is 12.1 Å². The molecule has 1 N–H and O–H groups in total. The van der Waals surface area contributed by atoms with Gasteiger partial charge >= 0.3 is 11.5 Å². The van der Waals surface area contributed by atoms with Gasteiger partial charge in [0.1, 0.15) is 0 Å². The molecular weight excluding hydrogens is 387 g/mol. The molecule has 150 valence electrons. The number of hydrogen-bond donors (Lipinski definition) is 1. The number of rotatable bonds is 3. The second kappa shape index (κ2) is 8.34. The number of urea groups is 1. The summed E-state index contributed by atoms with van der Waals surface area (Å²) in [5, 5.41) is 2.76. The van der Waals surface area contributed by atoms with Gasteiger partial charge in [0.15, 0.2) is 0 Å². The molecule has 1 saturated heterocycles. The van der Waals surface area contributed by atoms with Crippen molar-refractivity contribution in [3.8, 4) is 0 Å². The van der Waals surface area contributed by atoms with Crippen LogP contribution in [0.4, 0.5) is 29.3 Å². The van der Waals surface area contributed by atoms with Gasteiger partial charge in [0, 0.05) is 41.9 Å². The molecule has 28 heavy (non-hydrogen) atoms. The van der Waals surface area contributed by atoms with E-state index < -0.39 is 5.51 Å². The number of aryl methyl sites for hydroxylation is 1. The number of amides is 2. The third-order valence-electron chi connectivity index (χ3n) is 4.59. The molecule has 0 radical (unpaired) electrons. The van der Waals surface area contributed by atoms with Crippen molar-refractivity contribution in [1.82, 2.24) is 4.90 Å². The first-order valence-corrected chi connectivity index (χ1v) is 9.78. The summed E-state index contributed by atoms with van der Waals surface area (Å²) in [6, 6.07) is 13.9.